The minimum atomic E-state index is 0.0255. The predicted molar refractivity (Wildman–Crippen MR) is 120 cm³/mol. The number of anilines is 1. The topological polar surface area (TPSA) is 63.3 Å². The van der Waals surface area contributed by atoms with Crippen molar-refractivity contribution in [2.24, 2.45) is 5.92 Å². The van der Waals surface area contributed by atoms with Gasteiger partial charge in [0.25, 0.3) is 4.84 Å². The van der Waals surface area contributed by atoms with E-state index in [1.54, 1.807) is 4.68 Å². The average Bonchev–Trinajstić information content (AvgIpc) is 3.09. The molecule has 156 valence electrons. The molecule has 7 heteroatoms. The van der Waals surface area contributed by atoms with Crippen molar-refractivity contribution in [1.82, 2.24) is 14.7 Å². The van der Waals surface area contributed by atoms with E-state index in [0.29, 0.717) is 17.4 Å². The van der Waals surface area contributed by atoms with Crippen molar-refractivity contribution < 1.29 is 9.21 Å². The Morgan fingerprint density at radius 1 is 1.13 bits per heavy atom. The van der Waals surface area contributed by atoms with Crippen molar-refractivity contribution in [3.8, 4) is 11.5 Å². The zero-order chi connectivity index (χ0) is 21.1. The van der Waals surface area contributed by atoms with Gasteiger partial charge in [-0.1, -0.05) is 35.4 Å². The molecule has 2 heterocycles. The van der Waals surface area contributed by atoms with Gasteiger partial charge in [-0.3, -0.25) is 9.69 Å². The molecule has 1 N–H and O–H groups in total. The number of aryl methyl sites for hydroxylation is 2. The largest absolute Gasteiger partial charge is 0.409 e. The third kappa shape index (κ3) is 4.86. The molecule has 0 atom stereocenters. The van der Waals surface area contributed by atoms with Crippen LogP contribution in [0.15, 0.2) is 52.9 Å². The number of carbonyl (C=O) groups excluding carboxylic acids is 1. The molecular weight excluding hydrogens is 396 g/mol. The maximum Gasteiger partial charge on any atom is 0.288 e. The number of carbonyl (C=O) groups is 1. The highest BCUT2D eigenvalue weighted by atomic mass is 32.1. The van der Waals surface area contributed by atoms with Crippen LogP contribution >= 0.6 is 12.2 Å². The Morgan fingerprint density at radius 3 is 2.47 bits per heavy atom. The first-order chi connectivity index (χ1) is 14.5. The molecule has 0 bridgehead atoms. The van der Waals surface area contributed by atoms with E-state index >= 15 is 0 Å². The Balaban J connectivity index is 1.36. The number of rotatable bonds is 5. The number of hydrogen-bond donors (Lipinski definition) is 1. The number of hydrogen-bond acceptors (Lipinski definition) is 5. The minimum Gasteiger partial charge on any atom is -0.409 e. The number of nitrogens with one attached hydrogen (secondary N) is 1. The molecule has 1 saturated heterocycles. The molecule has 1 amide bonds. The standard InChI is InChI=1S/C23H26N4O2S/c1-16-12-17(2)14-19(13-16)22-25-27(23(30)29-22)15-26-10-8-18(9-11-26)21(28)24-20-6-4-3-5-7-20/h3-7,12-14,18H,8-11,15H2,1-2H3,(H,24,28). The maximum absolute atomic E-state index is 12.5. The van der Waals surface area contributed by atoms with E-state index < -0.39 is 0 Å². The van der Waals surface area contributed by atoms with Gasteiger partial charge < -0.3 is 9.73 Å². The third-order valence-corrected chi connectivity index (χ3v) is 5.70. The van der Waals surface area contributed by atoms with Gasteiger partial charge in [-0.25, -0.2) is 4.68 Å². The summed E-state index contributed by atoms with van der Waals surface area (Å²) in [6.07, 6.45) is 1.63. The number of piperidine rings is 1. The van der Waals surface area contributed by atoms with Crippen LogP contribution in [0.2, 0.25) is 0 Å². The lowest BCUT2D eigenvalue weighted by Crippen LogP contribution is -2.39. The molecule has 0 spiro atoms. The number of para-hydroxylation sites is 1. The van der Waals surface area contributed by atoms with Crippen molar-refractivity contribution in [3.63, 3.8) is 0 Å². The van der Waals surface area contributed by atoms with Crippen LogP contribution in [0.4, 0.5) is 5.69 Å². The lowest BCUT2D eigenvalue weighted by molar-refractivity contribution is -0.121. The van der Waals surface area contributed by atoms with E-state index in [1.165, 1.54) is 0 Å². The molecule has 0 radical (unpaired) electrons. The van der Waals surface area contributed by atoms with Crippen LogP contribution in [-0.4, -0.2) is 33.7 Å². The van der Waals surface area contributed by atoms with Crippen molar-refractivity contribution >= 4 is 23.8 Å². The monoisotopic (exact) mass is 422 g/mol. The van der Waals surface area contributed by atoms with E-state index in [4.69, 9.17) is 16.6 Å². The number of likely N-dealkylation sites (tertiary alicyclic amines) is 1. The molecule has 0 unspecified atom stereocenters. The Kier molecular flexibility index (Phi) is 6.11. The van der Waals surface area contributed by atoms with Crippen molar-refractivity contribution in [3.05, 3.63) is 64.5 Å². The zero-order valence-corrected chi connectivity index (χ0v) is 18.1. The highest BCUT2D eigenvalue weighted by Gasteiger charge is 2.25. The molecule has 3 aromatic rings. The SMILES string of the molecule is Cc1cc(C)cc(-c2nn(CN3CCC(C(=O)Nc4ccccc4)CC3)c(=S)o2)c1. The Bertz CT molecular complexity index is 1060. The summed E-state index contributed by atoms with van der Waals surface area (Å²) < 4.78 is 7.48. The molecule has 2 aromatic carbocycles. The summed E-state index contributed by atoms with van der Waals surface area (Å²) in [5, 5.41) is 7.60. The van der Waals surface area contributed by atoms with Gasteiger partial charge in [0.1, 0.15) is 0 Å². The molecule has 1 fully saturated rings. The molecule has 1 aromatic heterocycles. The molecule has 1 aliphatic heterocycles. The Labute approximate surface area is 181 Å². The van der Waals surface area contributed by atoms with Crippen LogP contribution in [0.25, 0.3) is 11.5 Å². The summed E-state index contributed by atoms with van der Waals surface area (Å²) in [4.78, 5) is 15.2. The van der Waals surface area contributed by atoms with Crippen molar-refractivity contribution in [2.75, 3.05) is 18.4 Å². The lowest BCUT2D eigenvalue weighted by Gasteiger charge is -2.30. The van der Waals surface area contributed by atoms with Crippen LogP contribution in [0.5, 0.6) is 0 Å². The first-order valence-electron chi connectivity index (χ1n) is 10.2. The van der Waals surface area contributed by atoms with E-state index in [-0.39, 0.29) is 11.8 Å². The van der Waals surface area contributed by atoms with Crippen LogP contribution in [0.1, 0.15) is 24.0 Å². The summed E-state index contributed by atoms with van der Waals surface area (Å²) >= 11 is 5.39. The van der Waals surface area contributed by atoms with E-state index in [1.807, 2.05) is 30.3 Å². The average molecular weight is 423 g/mol. The quantitative estimate of drug-likeness (QED) is 0.599. The highest BCUT2D eigenvalue weighted by Crippen LogP contribution is 2.23. The van der Waals surface area contributed by atoms with Gasteiger partial charge in [-0.2, -0.15) is 0 Å². The predicted octanol–water partition coefficient (Wildman–Crippen LogP) is 4.80. The van der Waals surface area contributed by atoms with Gasteiger partial charge in [-0.05, 0) is 63.2 Å². The maximum atomic E-state index is 12.5. The summed E-state index contributed by atoms with van der Waals surface area (Å²) in [7, 11) is 0. The van der Waals surface area contributed by atoms with Gasteiger partial charge in [0.05, 0.1) is 6.67 Å². The second-order valence-corrected chi connectivity index (χ2v) is 8.29. The van der Waals surface area contributed by atoms with Crippen LogP contribution in [-0.2, 0) is 11.5 Å². The van der Waals surface area contributed by atoms with Gasteiger partial charge in [0.15, 0.2) is 0 Å². The summed E-state index contributed by atoms with van der Waals surface area (Å²) in [6.45, 7) is 6.32. The Hall–Kier alpha value is -2.77. The van der Waals surface area contributed by atoms with E-state index in [9.17, 15) is 4.79 Å². The number of nitrogens with zero attached hydrogens (tertiary/aromatic N) is 3. The summed E-state index contributed by atoms with van der Waals surface area (Å²) in [5.74, 6) is 0.664. The Morgan fingerprint density at radius 2 is 1.80 bits per heavy atom. The number of amides is 1. The fourth-order valence-electron chi connectivity index (χ4n) is 3.90. The molecule has 4 rings (SSSR count). The minimum absolute atomic E-state index is 0.0255. The van der Waals surface area contributed by atoms with Gasteiger partial charge >= 0.3 is 0 Å². The highest BCUT2D eigenvalue weighted by molar-refractivity contribution is 7.71. The van der Waals surface area contributed by atoms with Crippen LogP contribution in [0.3, 0.4) is 0 Å². The van der Waals surface area contributed by atoms with Gasteiger partial charge in [0, 0.05) is 30.3 Å². The molecule has 1 aliphatic rings. The van der Waals surface area contributed by atoms with Crippen LogP contribution < -0.4 is 5.32 Å². The van der Waals surface area contributed by atoms with Crippen LogP contribution in [0, 0.1) is 24.6 Å². The third-order valence-electron chi connectivity index (χ3n) is 5.41. The lowest BCUT2D eigenvalue weighted by atomic mass is 9.96. The molecular formula is C23H26N4O2S. The zero-order valence-electron chi connectivity index (χ0n) is 17.3. The van der Waals surface area contributed by atoms with Gasteiger partial charge in [0.2, 0.25) is 11.8 Å². The smallest absolute Gasteiger partial charge is 0.288 e. The second kappa shape index (κ2) is 8.93. The molecule has 6 nitrogen and oxygen atoms in total. The fraction of sp³-hybridized carbons (Fsp3) is 0.348. The first-order valence-corrected chi connectivity index (χ1v) is 10.6. The first kappa shape index (κ1) is 20.5. The molecule has 0 saturated carbocycles. The summed E-state index contributed by atoms with van der Waals surface area (Å²) in [5.41, 5.74) is 4.11. The summed E-state index contributed by atoms with van der Waals surface area (Å²) in [6, 6.07) is 15.8. The van der Waals surface area contributed by atoms with E-state index in [2.05, 4.69) is 47.4 Å². The second-order valence-electron chi connectivity index (χ2n) is 7.94. The van der Waals surface area contributed by atoms with Crippen molar-refractivity contribution in [2.45, 2.75) is 33.4 Å². The number of aromatic nitrogens is 2. The number of benzene rings is 2. The fourth-order valence-corrected chi connectivity index (χ4v) is 4.08. The normalized spacial score (nSPS) is 15.3. The molecule has 0 aliphatic carbocycles. The van der Waals surface area contributed by atoms with Gasteiger partial charge in [-0.15, -0.1) is 5.10 Å². The van der Waals surface area contributed by atoms with E-state index in [0.717, 1.165) is 48.3 Å². The van der Waals surface area contributed by atoms with Crippen molar-refractivity contribution in [1.29, 1.82) is 0 Å². The molecule has 30 heavy (non-hydrogen) atoms.